The molecule has 0 atom stereocenters. The second kappa shape index (κ2) is 8.80. The Morgan fingerprint density at radius 2 is 2.04 bits per heavy atom. The number of alkyl halides is 3. The number of aromatic nitrogens is 1. The fourth-order valence-electron chi connectivity index (χ4n) is 2.48. The van der Waals surface area contributed by atoms with Gasteiger partial charge in [-0.15, -0.1) is 11.8 Å². The van der Waals surface area contributed by atoms with E-state index in [0.29, 0.717) is 17.3 Å². The zero-order valence-electron chi connectivity index (χ0n) is 13.0. The lowest BCUT2D eigenvalue weighted by Gasteiger charge is -2.22. The molecule has 1 aromatic heterocycles. The summed E-state index contributed by atoms with van der Waals surface area (Å²) in [5.41, 5.74) is -0.873. The van der Waals surface area contributed by atoms with Crippen LogP contribution in [0, 0.1) is 0 Å². The van der Waals surface area contributed by atoms with Gasteiger partial charge in [0.15, 0.2) is 0 Å². The minimum atomic E-state index is -4.46. The number of thioether (sulfide) groups is 1. The maximum Gasteiger partial charge on any atom is 0.417 e. The van der Waals surface area contributed by atoms with E-state index < -0.39 is 11.7 Å². The largest absolute Gasteiger partial charge is 0.417 e. The molecular formula is C15H19ClF3N3OS. The third-order valence-electron chi connectivity index (χ3n) is 3.70. The topological polar surface area (TPSA) is 54.0 Å². The van der Waals surface area contributed by atoms with Gasteiger partial charge in [0.1, 0.15) is 5.03 Å². The number of nitrogens with zero attached hydrogens (tertiary/aromatic N) is 1. The summed E-state index contributed by atoms with van der Waals surface area (Å²) < 4.78 is 37.6. The quantitative estimate of drug-likeness (QED) is 0.584. The number of amides is 2. The van der Waals surface area contributed by atoms with Crippen LogP contribution in [0.2, 0.25) is 5.02 Å². The van der Waals surface area contributed by atoms with E-state index in [1.54, 1.807) is 0 Å². The average Bonchev–Trinajstić information content (AvgIpc) is 2.52. The highest BCUT2D eigenvalue weighted by molar-refractivity contribution is 7.99. The molecule has 1 saturated carbocycles. The smallest absolute Gasteiger partial charge is 0.337 e. The summed E-state index contributed by atoms with van der Waals surface area (Å²) in [6, 6.07) is 0.881. The van der Waals surface area contributed by atoms with Crippen molar-refractivity contribution in [2.75, 3.05) is 12.3 Å². The number of hydrogen-bond donors (Lipinski definition) is 2. The van der Waals surface area contributed by atoms with E-state index in [-0.39, 0.29) is 17.1 Å². The molecule has 2 rings (SSSR count). The summed E-state index contributed by atoms with van der Waals surface area (Å²) in [4.78, 5) is 15.5. The van der Waals surface area contributed by atoms with Crippen LogP contribution in [-0.2, 0) is 6.18 Å². The molecule has 1 heterocycles. The Bertz CT molecular complexity index is 565. The first kappa shape index (κ1) is 19.2. The van der Waals surface area contributed by atoms with Gasteiger partial charge in [0.2, 0.25) is 0 Å². The van der Waals surface area contributed by atoms with Crippen molar-refractivity contribution in [3.8, 4) is 0 Å². The van der Waals surface area contributed by atoms with Crippen LogP contribution < -0.4 is 10.6 Å². The van der Waals surface area contributed by atoms with Gasteiger partial charge >= 0.3 is 12.2 Å². The maximum atomic E-state index is 12.5. The molecular weight excluding hydrogens is 363 g/mol. The Morgan fingerprint density at radius 3 is 2.67 bits per heavy atom. The average molecular weight is 382 g/mol. The summed E-state index contributed by atoms with van der Waals surface area (Å²) in [5.74, 6) is 0.468. The van der Waals surface area contributed by atoms with Crippen molar-refractivity contribution in [3.63, 3.8) is 0 Å². The molecule has 24 heavy (non-hydrogen) atoms. The van der Waals surface area contributed by atoms with Crippen LogP contribution in [0.1, 0.15) is 37.7 Å². The molecule has 134 valence electrons. The van der Waals surface area contributed by atoms with Gasteiger partial charge < -0.3 is 10.6 Å². The van der Waals surface area contributed by atoms with Gasteiger partial charge in [-0.1, -0.05) is 30.9 Å². The molecule has 4 nitrogen and oxygen atoms in total. The molecule has 2 N–H and O–H groups in total. The number of carbonyl (C=O) groups is 1. The summed E-state index contributed by atoms with van der Waals surface area (Å²) in [6.07, 6.45) is 1.81. The van der Waals surface area contributed by atoms with Crippen LogP contribution in [0.5, 0.6) is 0 Å². The predicted octanol–water partition coefficient (Wildman–Crippen LogP) is 4.48. The van der Waals surface area contributed by atoms with Gasteiger partial charge in [0.25, 0.3) is 0 Å². The van der Waals surface area contributed by atoms with Crippen LogP contribution in [0.15, 0.2) is 17.3 Å². The van der Waals surface area contributed by atoms with E-state index >= 15 is 0 Å². The third kappa shape index (κ3) is 6.05. The lowest BCUT2D eigenvalue weighted by molar-refractivity contribution is -0.137. The molecule has 1 aromatic rings. The maximum absolute atomic E-state index is 12.5. The first-order valence-corrected chi connectivity index (χ1v) is 9.12. The molecule has 1 aliphatic rings. The standard InChI is InChI=1S/C15H19ClF3N3OS/c16-12-8-10(15(17,18)19)9-21-13(12)24-7-6-20-14(23)22-11-4-2-1-3-5-11/h8-9,11H,1-7H2,(H2,20,22,23). The molecule has 2 amide bonds. The molecule has 0 aliphatic heterocycles. The molecule has 9 heteroatoms. The third-order valence-corrected chi connectivity index (χ3v) is 5.11. The van der Waals surface area contributed by atoms with Gasteiger partial charge in [0.05, 0.1) is 10.6 Å². The number of nitrogens with one attached hydrogen (secondary N) is 2. The second-order valence-electron chi connectivity index (χ2n) is 5.59. The van der Waals surface area contributed by atoms with Crippen molar-refractivity contribution in [1.82, 2.24) is 15.6 Å². The van der Waals surface area contributed by atoms with E-state index in [1.165, 1.54) is 18.2 Å². The highest BCUT2D eigenvalue weighted by Crippen LogP contribution is 2.33. The summed E-state index contributed by atoms with van der Waals surface area (Å²) in [5, 5.41) is 5.94. The molecule has 1 aliphatic carbocycles. The molecule has 0 radical (unpaired) electrons. The second-order valence-corrected chi connectivity index (χ2v) is 7.08. The van der Waals surface area contributed by atoms with Crippen molar-refractivity contribution in [1.29, 1.82) is 0 Å². The Labute approximate surface area is 147 Å². The Hall–Kier alpha value is -1.15. The zero-order chi connectivity index (χ0) is 17.6. The Morgan fingerprint density at radius 1 is 1.33 bits per heavy atom. The highest BCUT2D eigenvalue weighted by atomic mass is 35.5. The van der Waals surface area contributed by atoms with Gasteiger partial charge in [-0.25, -0.2) is 9.78 Å². The molecule has 0 bridgehead atoms. The number of urea groups is 1. The SMILES string of the molecule is O=C(NCCSc1ncc(C(F)(F)F)cc1Cl)NC1CCCCC1. The fourth-order valence-corrected chi connectivity index (χ4v) is 3.53. The van der Waals surface area contributed by atoms with Crippen molar-refractivity contribution in [2.24, 2.45) is 0 Å². The lowest BCUT2D eigenvalue weighted by atomic mass is 9.96. The molecule has 1 fully saturated rings. The van der Waals surface area contributed by atoms with E-state index in [0.717, 1.165) is 37.9 Å². The molecule has 0 spiro atoms. The number of rotatable bonds is 5. The summed E-state index contributed by atoms with van der Waals surface area (Å²) >= 11 is 7.02. The minimum Gasteiger partial charge on any atom is -0.337 e. The molecule has 0 unspecified atom stereocenters. The van der Waals surface area contributed by atoms with E-state index in [1.807, 2.05) is 0 Å². The Balaban J connectivity index is 1.71. The fraction of sp³-hybridized carbons (Fsp3) is 0.600. The first-order valence-electron chi connectivity index (χ1n) is 7.76. The number of carbonyl (C=O) groups excluding carboxylic acids is 1. The molecule has 0 aromatic carbocycles. The number of hydrogen-bond acceptors (Lipinski definition) is 3. The zero-order valence-corrected chi connectivity index (χ0v) is 14.5. The van der Waals surface area contributed by atoms with Crippen molar-refractivity contribution in [2.45, 2.75) is 49.3 Å². The van der Waals surface area contributed by atoms with Crippen molar-refractivity contribution >= 4 is 29.4 Å². The van der Waals surface area contributed by atoms with E-state index in [4.69, 9.17) is 11.6 Å². The predicted molar refractivity (Wildman–Crippen MR) is 88.4 cm³/mol. The van der Waals surface area contributed by atoms with Crippen LogP contribution in [0.4, 0.5) is 18.0 Å². The number of pyridine rings is 1. The van der Waals surface area contributed by atoms with E-state index in [9.17, 15) is 18.0 Å². The van der Waals surface area contributed by atoms with Crippen LogP contribution >= 0.6 is 23.4 Å². The van der Waals surface area contributed by atoms with Gasteiger partial charge in [-0.2, -0.15) is 13.2 Å². The van der Waals surface area contributed by atoms with Crippen molar-refractivity contribution < 1.29 is 18.0 Å². The summed E-state index contributed by atoms with van der Waals surface area (Å²) in [7, 11) is 0. The van der Waals surface area contributed by atoms with Gasteiger partial charge in [-0.3, -0.25) is 0 Å². The highest BCUT2D eigenvalue weighted by Gasteiger charge is 2.31. The number of halogens is 4. The van der Waals surface area contributed by atoms with Crippen molar-refractivity contribution in [3.05, 3.63) is 22.8 Å². The van der Waals surface area contributed by atoms with Crippen LogP contribution in [0.3, 0.4) is 0 Å². The molecule has 0 saturated heterocycles. The normalized spacial score (nSPS) is 16.0. The van der Waals surface area contributed by atoms with Gasteiger partial charge in [0, 0.05) is 24.5 Å². The monoisotopic (exact) mass is 381 g/mol. The first-order chi connectivity index (χ1) is 11.4. The van der Waals surface area contributed by atoms with Crippen LogP contribution in [-0.4, -0.2) is 29.4 Å². The minimum absolute atomic E-state index is 0.0403. The Kier molecular flexibility index (Phi) is 7.03. The van der Waals surface area contributed by atoms with E-state index in [2.05, 4.69) is 15.6 Å². The summed E-state index contributed by atoms with van der Waals surface area (Å²) in [6.45, 7) is 0.377. The van der Waals surface area contributed by atoms with Gasteiger partial charge in [-0.05, 0) is 18.9 Å². The lowest BCUT2D eigenvalue weighted by Crippen LogP contribution is -2.43. The van der Waals surface area contributed by atoms with Crippen LogP contribution in [0.25, 0.3) is 0 Å².